The third kappa shape index (κ3) is 4.05. The van der Waals surface area contributed by atoms with Gasteiger partial charge in [0, 0.05) is 0 Å². The quantitative estimate of drug-likeness (QED) is 0.496. The fourth-order valence-electron chi connectivity index (χ4n) is 1.49. The fourth-order valence-corrected chi connectivity index (χ4v) is 1.94. The summed E-state index contributed by atoms with van der Waals surface area (Å²) in [5.41, 5.74) is -0.559. The number of rotatable bonds is 5. The molecule has 0 aliphatic rings. The van der Waals surface area contributed by atoms with Crippen molar-refractivity contribution in [1.29, 1.82) is 0 Å². The molecule has 1 aromatic carbocycles. The minimum atomic E-state index is -6.48. The highest BCUT2D eigenvalue weighted by Gasteiger charge is 2.66. The van der Waals surface area contributed by atoms with Crippen molar-refractivity contribution in [3.05, 3.63) is 42.0 Å². The molecule has 0 saturated heterocycles. The molecule has 11 heteroatoms. The molecule has 0 aliphatic heterocycles. The summed E-state index contributed by atoms with van der Waals surface area (Å²) < 4.78 is 97.4. The first-order chi connectivity index (χ1) is 10.3. The van der Waals surface area contributed by atoms with E-state index in [2.05, 4.69) is 11.3 Å². The Morgan fingerprint density at radius 2 is 1.74 bits per heavy atom. The van der Waals surface area contributed by atoms with E-state index < -0.39 is 39.2 Å². The standard InChI is InChI=1S/C12H9F5O5S/c1-2-7-5-3-4-6-8(7)9(18)22-10(11(13,14)15)12(16,17)23(19,20)21/h2-6,10H,1H2,(H,19,20,21). The Hall–Kier alpha value is -2.01. The maximum atomic E-state index is 13.3. The Morgan fingerprint density at radius 3 is 2.17 bits per heavy atom. The van der Waals surface area contributed by atoms with Gasteiger partial charge in [-0.2, -0.15) is 30.4 Å². The van der Waals surface area contributed by atoms with Gasteiger partial charge in [0.15, 0.2) is 0 Å². The maximum Gasteiger partial charge on any atom is 0.432 e. The van der Waals surface area contributed by atoms with Crippen LogP contribution in [0.1, 0.15) is 15.9 Å². The van der Waals surface area contributed by atoms with Crippen molar-refractivity contribution < 1.29 is 44.5 Å². The van der Waals surface area contributed by atoms with E-state index in [9.17, 15) is 35.2 Å². The molecule has 0 saturated carbocycles. The Kier molecular flexibility index (Phi) is 5.16. The van der Waals surface area contributed by atoms with Gasteiger partial charge >= 0.3 is 27.5 Å². The summed E-state index contributed by atoms with van der Waals surface area (Å²) in [6, 6.07) is 4.82. The van der Waals surface area contributed by atoms with Crippen molar-refractivity contribution in [2.24, 2.45) is 0 Å². The SMILES string of the molecule is C=Cc1ccccc1C(=O)OC(C(F)(F)F)C(F)(F)S(=O)(=O)O. The first-order valence-electron chi connectivity index (χ1n) is 5.66. The summed E-state index contributed by atoms with van der Waals surface area (Å²) in [4.78, 5) is 11.7. The first-order valence-corrected chi connectivity index (χ1v) is 7.10. The lowest BCUT2D eigenvalue weighted by molar-refractivity contribution is -0.248. The van der Waals surface area contributed by atoms with Gasteiger partial charge in [-0.25, -0.2) is 4.79 Å². The number of benzene rings is 1. The fraction of sp³-hybridized carbons (Fsp3) is 0.250. The molecule has 1 atom stereocenters. The van der Waals surface area contributed by atoms with E-state index in [4.69, 9.17) is 4.55 Å². The monoisotopic (exact) mass is 360 g/mol. The van der Waals surface area contributed by atoms with Crippen LogP contribution in [0.2, 0.25) is 0 Å². The summed E-state index contributed by atoms with van der Waals surface area (Å²) in [6.45, 7) is 3.28. The number of hydrogen-bond donors (Lipinski definition) is 1. The zero-order valence-corrected chi connectivity index (χ0v) is 11.9. The molecule has 0 aliphatic carbocycles. The molecule has 128 valence electrons. The van der Waals surface area contributed by atoms with E-state index in [1.54, 1.807) is 0 Å². The Labute approximate surface area is 127 Å². The summed E-state index contributed by atoms with van der Waals surface area (Å²) in [5, 5.41) is -5.77. The molecular formula is C12H9F5O5S. The largest absolute Gasteiger partial charge is 0.441 e. The highest BCUT2D eigenvalue weighted by atomic mass is 32.2. The minimum Gasteiger partial charge on any atom is -0.441 e. The van der Waals surface area contributed by atoms with E-state index in [-0.39, 0.29) is 5.56 Å². The molecule has 5 nitrogen and oxygen atoms in total. The van der Waals surface area contributed by atoms with Gasteiger partial charge in [0.1, 0.15) is 0 Å². The molecule has 23 heavy (non-hydrogen) atoms. The average molecular weight is 360 g/mol. The van der Waals surface area contributed by atoms with E-state index in [0.717, 1.165) is 12.1 Å². The van der Waals surface area contributed by atoms with Crippen molar-refractivity contribution in [2.75, 3.05) is 0 Å². The van der Waals surface area contributed by atoms with Crippen LogP contribution in [-0.2, 0) is 14.9 Å². The summed E-state index contributed by atoms with van der Waals surface area (Å²) >= 11 is 0. The number of carbonyl (C=O) groups excluding carboxylic acids is 1. The summed E-state index contributed by atoms with van der Waals surface area (Å²) in [6.07, 6.45) is -9.27. The van der Waals surface area contributed by atoms with Gasteiger partial charge in [0.2, 0.25) is 0 Å². The van der Waals surface area contributed by atoms with Crippen molar-refractivity contribution in [1.82, 2.24) is 0 Å². The van der Waals surface area contributed by atoms with Crippen LogP contribution in [0.25, 0.3) is 6.08 Å². The van der Waals surface area contributed by atoms with Gasteiger partial charge in [-0.1, -0.05) is 30.9 Å². The van der Waals surface area contributed by atoms with Gasteiger partial charge in [-0.3, -0.25) is 4.55 Å². The van der Waals surface area contributed by atoms with Crippen molar-refractivity contribution in [3.8, 4) is 0 Å². The van der Waals surface area contributed by atoms with Crippen molar-refractivity contribution in [3.63, 3.8) is 0 Å². The zero-order chi connectivity index (χ0) is 18.1. The van der Waals surface area contributed by atoms with Crippen LogP contribution in [0, 0.1) is 0 Å². The third-order valence-electron chi connectivity index (χ3n) is 2.57. The van der Waals surface area contributed by atoms with E-state index in [1.165, 1.54) is 18.2 Å². The number of halogens is 5. The predicted octanol–water partition coefficient (Wildman–Crippen LogP) is 2.90. The van der Waals surface area contributed by atoms with Crippen molar-refractivity contribution in [2.45, 2.75) is 17.5 Å². The molecule has 0 fully saturated rings. The molecule has 1 rings (SSSR count). The van der Waals surface area contributed by atoms with Crippen LogP contribution in [0.4, 0.5) is 22.0 Å². The number of ether oxygens (including phenoxy) is 1. The lowest BCUT2D eigenvalue weighted by atomic mass is 10.1. The maximum absolute atomic E-state index is 13.3. The first kappa shape index (κ1) is 19.0. The third-order valence-corrected chi connectivity index (χ3v) is 3.47. The number of hydrogen-bond acceptors (Lipinski definition) is 4. The molecule has 0 amide bonds. The second-order valence-electron chi connectivity index (χ2n) is 4.16. The van der Waals surface area contributed by atoms with Gasteiger partial charge in [-0.15, -0.1) is 0 Å². The molecule has 0 spiro atoms. The predicted molar refractivity (Wildman–Crippen MR) is 68.3 cm³/mol. The number of esters is 1. The van der Waals surface area contributed by atoms with E-state index in [0.29, 0.717) is 0 Å². The Balaban J connectivity index is 3.28. The van der Waals surface area contributed by atoms with Crippen LogP contribution < -0.4 is 0 Å². The van der Waals surface area contributed by atoms with Crippen LogP contribution in [-0.4, -0.2) is 36.5 Å². The van der Waals surface area contributed by atoms with Gasteiger partial charge < -0.3 is 4.74 Å². The van der Waals surface area contributed by atoms with Crippen LogP contribution in [0.5, 0.6) is 0 Å². The molecule has 0 radical (unpaired) electrons. The lowest BCUT2D eigenvalue weighted by Crippen LogP contribution is -2.52. The summed E-state index contributed by atoms with van der Waals surface area (Å²) in [5.74, 6) is -1.86. The second kappa shape index (κ2) is 6.24. The van der Waals surface area contributed by atoms with E-state index in [1.807, 2.05) is 0 Å². The van der Waals surface area contributed by atoms with Crippen molar-refractivity contribution >= 4 is 22.2 Å². The minimum absolute atomic E-state index is 0.0198. The van der Waals surface area contributed by atoms with Gasteiger partial charge in [0.25, 0.3) is 6.10 Å². The number of alkyl halides is 5. The Bertz CT molecular complexity index is 711. The van der Waals surface area contributed by atoms with Crippen LogP contribution in [0.15, 0.2) is 30.8 Å². The summed E-state index contributed by atoms with van der Waals surface area (Å²) in [7, 11) is -6.48. The van der Waals surface area contributed by atoms with Gasteiger partial charge in [0.05, 0.1) is 5.56 Å². The number of carbonyl (C=O) groups is 1. The highest BCUT2D eigenvalue weighted by Crippen LogP contribution is 2.38. The normalized spacial score (nSPS) is 14.2. The lowest BCUT2D eigenvalue weighted by Gasteiger charge is -2.26. The molecule has 0 aromatic heterocycles. The van der Waals surface area contributed by atoms with E-state index >= 15 is 0 Å². The molecule has 1 aromatic rings. The molecule has 0 bridgehead atoms. The molecule has 1 unspecified atom stereocenters. The molecule has 1 N–H and O–H groups in total. The van der Waals surface area contributed by atoms with Crippen LogP contribution >= 0.6 is 0 Å². The van der Waals surface area contributed by atoms with Crippen LogP contribution in [0.3, 0.4) is 0 Å². The second-order valence-corrected chi connectivity index (χ2v) is 5.65. The molecule has 0 heterocycles. The zero-order valence-electron chi connectivity index (χ0n) is 11.0. The molecular weight excluding hydrogens is 351 g/mol. The smallest absolute Gasteiger partial charge is 0.432 e. The average Bonchev–Trinajstić information content (AvgIpc) is 2.41. The topological polar surface area (TPSA) is 80.7 Å². The Morgan fingerprint density at radius 1 is 1.22 bits per heavy atom. The highest BCUT2D eigenvalue weighted by molar-refractivity contribution is 7.86. The van der Waals surface area contributed by atoms with Gasteiger partial charge in [-0.05, 0) is 11.6 Å².